The Morgan fingerprint density at radius 1 is 1.53 bits per heavy atom. The highest BCUT2D eigenvalue weighted by atomic mass is 32.2. The molecule has 0 heterocycles. The Labute approximate surface area is 104 Å². The summed E-state index contributed by atoms with van der Waals surface area (Å²) in [5.74, 6) is 0.0795. The maximum Gasteiger partial charge on any atom is 0.234 e. The zero-order chi connectivity index (χ0) is 13.5. The normalized spacial score (nSPS) is 13.4. The molecule has 1 atom stereocenters. The average molecular weight is 262 g/mol. The maximum atomic E-state index is 11.4. The number of rotatable bonds is 8. The summed E-state index contributed by atoms with van der Waals surface area (Å²) in [6.07, 6.45) is 1.60. The molecular formula is C11H22N2O3S. The highest BCUT2D eigenvalue weighted by molar-refractivity contribution is 7.91. The molecule has 0 aliphatic rings. The largest absolute Gasteiger partial charge is 0.352 e. The topological polar surface area (TPSA) is 66.5 Å². The van der Waals surface area contributed by atoms with Crippen LogP contribution in [0.3, 0.4) is 0 Å². The highest BCUT2D eigenvalue weighted by Gasteiger charge is 2.18. The smallest absolute Gasteiger partial charge is 0.234 e. The van der Waals surface area contributed by atoms with Gasteiger partial charge in [0.25, 0.3) is 0 Å². The number of likely N-dealkylation sites (N-methyl/N-ethyl adjacent to an activating group) is 1. The third kappa shape index (κ3) is 7.12. The van der Waals surface area contributed by atoms with Crippen molar-refractivity contribution < 1.29 is 13.2 Å². The molecule has 1 N–H and O–H groups in total. The number of hydrogen-bond acceptors (Lipinski definition) is 4. The molecule has 0 spiro atoms. The molecule has 100 valence electrons. The first-order valence-electron chi connectivity index (χ1n) is 5.60. The summed E-state index contributed by atoms with van der Waals surface area (Å²) in [7, 11) is -1.27. The van der Waals surface area contributed by atoms with E-state index in [-0.39, 0.29) is 30.0 Å². The van der Waals surface area contributed by atoms with Gasteiger partial charge in [-0.2, -0.15) is 0 Å². The molecule has 0 aromatic heterocycles. The van der Waals surface area contributed by atoms with E-state index in [1.165, 1.54) is 0 Å². The lowest BCUT2D eigenvalue weighted by Crippen LogP contribution is -2.42. The lowest BCUT2D eigenvalue weighted by Gasteiger charge is -2.23. The third-order valence-electron chi connectivity index (χ3n) is 2.52. The molecule has 0 aromatic carbocycles. The van der Waals surface area contributed by atoms with Crippen LogP contribution in [0, 0.1) is 0 Å². The molecule has 1 unspecified atom stereocenters. The van der Waals surface area contributed by atoms with Crippen molar-refractivity contribution in [3.8, 4) is 0 Å². The first-order valence-corrected chi connectivity index (χ1v) is 7.42. The first kappa shape index (κ1) is 16.1. The van der Waals surface area contributed by atoms with Gasteiger partial charge in [0, 0.05) is 18.3 Å². The van der Waals surface area contributed by atoms with Gasteiger partial charge >= 0.3 is 0 Å². The minimum absolute atomic E-state index is 0.0781. The Bertz CT molecular complexity index is 352. The fraction of sp³-hybridized carbons (Fsp3) is 0.727. The zero-order valence-electron chi connectivity index (χ0n) is 10.8. The summed E-state index contributed by atoms with van der Waals surface area (Å²) >= 11 is 0. The predicted octanol–water partition coefficient (Wildman–Crippen LogP) is 0.0436. The number of amides is 1. The molecule has 0 saturated heterocycles. The van der Waals surface area contributed by atoms with E-state index >= 15 is 0 Å². The van der Waals surface area contributed by atoms with Gasteiger partial charge in [0.05, 0.1) is 12.3 Å². The molecule has 6 heteroatoms. The summed E-state index contributed by atoms with van der Waals surface area (Å²) in [6.45, 7) is 7.54. The Hall–Kier alpha value is -0.880. The minimum atomic E-state index is -3.01. The van der Waals surface area contributed by atoms with Crippen LogP contribution in [-0.4, -0.2) is 56.9 Å². The molecule has 5 nitrogen and oxygen atoms in total. The van der Waals surface area contributed by atoms with Crippen LogP contribution in [0.5, 0.6) is 0 Å². The number of sulfone groups is 1. The molecular weight excluding hydrogens is 240 g/mol. The van der Waals surface area contributed by atoms with Crippen molar-refractivity contribution >= 4 is 15.7 Å². The number of carbonyl (C=O) groups is 1. The van der Waals surface area contributed by atoms with Gasteiger partial charge in [-0.25, -0.2) is 8.42 Å². The van der Waals surface area contributed by atoms with Gasteiger partial charge < -0.3 is 5.32 Å². The quantitative estimate of drug-likeness (QED) is 0.627. The van der Waals surface area contributed by atoms with Gasteiger partial charge in [-0.1, -0.05) is 13.0 Å². The summed E-state index contributed by atoms with van der Waals surface area (Å²) in [5, 5.41) is 2.65. The van der Waals surface area contributed by atoms with E-state index in [1.54, 1.807) is 31.9 Å². The van der Waals surface area contributed by atoms with E-state index in [9.17, 15) is 13.2 Å². The van der Waals surface area contributed by atoms with Crippen molar-refractivity contribution in [3.05, 3.63) is 12.7 Å². The molecule has 0 aromatic rings. The van der Waals surface area contributed by atoms with Crippen molar-refractivity contribution in [2.75, 3.05) is 31.6 Å². The lowest BCUT2D eigenvalue weighted by molar-refractivity contribution is -0.122. The maximum absolute atomic E-state index is 11.4. The molecule has 0 aliphatic heterocycles. The monoisotopic (exact) mass is 262 g/mol. The van der Waals surface area contributed by atoms with E-state index < -0.39 is 9.84 Å². The highest BCUT2D eigenvalue weighted by Crippen LogP contribution is 2.01. The van der Waals surface area contributed by atoms with Crippen LogP contribution in [-0.2, 0) is 14.6 Å². The summed E-state index contributed by atoms with van der Waals surface area (Å²) < 4.78 is 22.9. The molecule has 17 heavy (non-hydrogen) atoms. The van der Waals surface area contributed by atoms with Crippen molar-refractivity contribution in [2.45, 2.75) is 19.9 Å². The summed E-state index contributed by atoms with van der Waals surface area (Å²) in [5.41, 5.74) is 0. The molecule has 0 rings (SSSR count). The van der Waals surface area contributed by atoms with Crippen molar-refractivity contribution in [1.82, 2.24) is 10.2 Å². The van der Waals surface area contributed by atoms with Crippen LogP contribution in [0.1, 0.15) is 13.8 Å². The second-order valence-corrected chi connectivity index (χ2v) is 6.45. The van der Waals surface area contributed by atoms with Crippen LogP contribution in [0.15, 0.2) is 12.7 Å². The minimum Gasteiger partial charge on any atom is -0.352 e. The van der Waals surface area contributed by atoms with Crippen LogP contribution in [0.2, 0.25) is 0 Å². The van der Waals surface area contributed by atoms with Crippen molar-refractivity contribution in [3.63, 3.8) is 0 Å². The zero-order valence-corrected chi connectivity index (χ0v) is 11.6. The molecule has 1 amide bonds. The van der Waals surface area contributed by atoms with E-state index in [1.807, 2.05) is 0 Å². The van der Waals surface area contributed by atoms with Gasteiger partial charge in [0.1, 0.15) is 0 Å². The van der Waals surface area contributed by atoms with Gasteiger partial charge in [0.2, 0.25) is 5.91 Å². The molecule has 0 bridgehead atoms. The number of carbonyl (C=O) groups excluding carboxylic acids is 1. The average Bonchev–Trinajstić information content (AvgIpc) is 2.25. The van der Waals surface area contributed by atoms with Crippen molar-refractivity contribution in [2.24, 2.45) is 0 Å². The number of nitrogens with zero attached hydrogens (tertiary/aromatic N) is 1. The Balaban J connectivity index is 4.18. The van der Waals surface area contributed by atoms with Crippen LogP contribution in [0.4, 0.5) is 0 Å². The first-order chi connectivity index (χ1) is 7.82. The van der Waals surface area contributed by atoms with Crippen LogP contribution in [0.25, 0.3) is 0 Å². The van der Waals surface area contributed by atoms with Gasteiger partial charge in [-0.15, -0.1) is 6.58 Å². The van der Waals surface area contributed by atoms with E-state index in [2.05, 4.69) is 11.9 Å². The van der Waals surface area contributed by atoms with Crippen molar-refractivity contribution in [1.29, 1.82) is 0 Å². The SMILES string of the molecule is C=CCNC(=O)CN(C)C(C)CS(=O)(=O)CC. The molecule has 0 fully saturated rings. The fourth-order valence-electron chi connectivity index (χ4n) is 1.24. The van der Waals surface area contributed by atoms with Crippen LogP contribution < -0.4 is 5.32 Å². The molecule has 0 saturated carbocycles. The molecule has 0 aliphatic carbocycles. The second kappa shape index (κ2) is 7.45. The van der Waals surface area contributed by atoms with Gasteiger partial charge in [-0.3, -0.25) is 9.69 Å². The third-order valence-corrected chi connectivity index (χ3v) is 4.39. The fourth-order valence-corrected chi connectivity index (χ4v) is 2.46. The standard InChI is InChI=1S/C11H22N2O3S/c1-5-7-12-11(14)8-13(4)10(3)9-17(15,16)6-2/h5,10H,1,6-9H2,2-4H3,(H,12,14). The van der Waals surface area contributed by atoms with Crippen LogP contribution >= 0.6 is 0 Å². The Kier molecular flexibility index (Phi) is 7.06. The number of hydrogen-bond donors (Lipinski definition) is 1. The van der Waals surface area contributed by atoms with Gasteiger partial charge in [-0.05, 0) is 14.0 Å². The lowest BCUT2D eigenvalue weighted by atomic mass is 10.3. The molecule has 0 radical (unpaired) electrons. The summed E-state index contributed by atoms with van der Waals surface area (Å²) in [6, 6.07) is -0.172. The Morgan fingerprint density at radius 2 is 2.12 bits per heavy atom. The number of nitrogens with one attached hydrogen (secondary N) is 1. The van der Waals surface area contributed by atoms with E-state index in [0.29, 0.717) is 6.54 Å². The predicted molar refractivity (Wildman–Crippen MR) is 69.6 cm³/mol. The second-order valence-electron chi connectivity index (χ2n) is 4.06. The van der Waals surface area contributed by atoms with E-state index in [0.717, 1.165) is 0 Å². The van der Waals surface area contributed by atoms with Gasteiger partial charge in [0.15, 0.2) is 9.84 Å². The Morgan fingerprint density at radius 3 is 2.59 bits per heavy atom. The summed E-state index contributed by atoms with van der Waals surface area (Å²) in [4.78, 5) is 13.1. The van der Waals surface area contributed by atoms with E-state index in [4.69, 9.17) is 0 Å².